The highest BCUT2D eigenvalue weighted by atomic mass is 16.2. The van der Waals surface area contributed by atoms with Crippen LogP contribution in [0.5, 0.6) is 0 Å². The van der Waals surface area contributed by atoms with Gasteiger partial charge in [0.15, 0.2) is 0 Å². The van der Waals surface area contributed by atoms with Crippen LogP contribution in [-0.4, -0.2) is 11.8 Å². The maximum Gasteiger partial charge on any atom is 0.234 e. The van der Waals surface area contributed by atoms with Crippen molar-refractivity contribution < 1.29 is 9.59 Å². The van der Waals surface area contributed by atoms with Gasteiger partial charge < -0.3 is 0 Å². The zero-order valence-electron chi connectivity index (χ0n) is 11.3. The largest absolute Gasteiger partial charge is 0.296 e. The predicted octanol–water partition coefficient (Wildman–Crippen LogP) is 2.80. The first kappa shape index (κ1) is 14.4. The summed E-state index contributed by atoms with van der Waals surface area (Å²) in [7, 11) is 0. The van der Waals surface area contributed by atoms with Crippen LogP contribution in [-0.2, 0) is 16.0 Å². The molecule has 2 amide bonds. The molecule has 0 saturated carbocycles. The fourth-order valence-electron chi connectivity index (χ4n) is 2.04. The Kier molecular flexibility index (Phi) is 5.56. The highest BCUT2D eigenvalue weighted by Crippen LogP contribution is 2.25. The van der Waals surface area contributed by atoms with Crippen LogP contribution in [0.1, 0.15) is 50.7 Å². The van der Waals surface area contributed by atoms with Crippen molar-refractivity contribution in [3.05, 3.63) is 35.4 Å². The molecule has 98 valence electrons. The maximum absolute atomic E-state index is 11.7. The Morgan fingerprint density at radius 1 is 1.28 bits per heavy atom. The Balaban J connectivity index is 0.000000771. The van der Waals surface area contributed by atoms with E-state index in [4.69, 9.17) is 0 Å². The van der Waals surface area contributed by atoms with E-state index in [1.165, 1.54) is 5.56 Å². The number of aryl methyl sites for hydroxylation is 1. The molecule has 0 spiro atoms. The molecule has 1 aliphatic rings. The predicted molar refractivity (Wildman–Crippen MR) is 72.3 cm³/mol. The summed E-state index contributed by atoms with van der Waals surface area (Å²) in [5.74, 6) is -0.485. The lowest BCUT2D eigenvalue weighted by Gasteiger charge is -2.21. The molecule has 1 aromatic rings. The van der Waals surface area contributed by atoms with Crippen LogP contribution in [0.4, 0.5) is 0 Å². The van der Waals surface area contributed by atoms with Gasteiger partial charge in [-0.15, -0.1) is 0 Å². The Labute approximate surface area is 109 Å². The third kappa shape index (κ3) is 3.42. The quantitative estimate of drug-likeness (QED) is 0.817. The van der Waals surface area contributed by atoms with Crippen LogP contribution >= 0.6 is 0 Å². The normalized spacial score (nSPS) is 18.7. The molecule has 1 unspecified atom stereocenters. The van der Waals surface area contributed by atoms with E-state index >= 15 is 0 Å². The van der Waals surface area contributed by atoms with E-state index in [9.17, 15) is 9.59 Å². The third-order valence-corrected chi connectivity index (χ3v) is 3.00. The van der Waals surface area contributed by atoms with Crippen LogP contribution in [0.25, 0.3) is 0 Å². The molecule has 1 saturated heterocycles. The van der Waals surface area contributed by atoms with Crippen molar-refractivity contribution in [2.45, 2.75) is 46.0 Å². The van der Waals surface area contributed by atoms with Gasteiger partial charge in [0.25, 0.3) is 0 Å². The Morgan fingerprint density at radius 2 is 2.00 bits per heavy atom. The Bertz CT molecular complexity index is 426. The van der Waals surface area contributed by atoms with Crippen molar-refractivity contribution in [1.29, 1.82) is 0 Å². The minimum atomic E-state index is -0.163. The third-order valence-electron chi connectivity index (χ3n) is 3.00. The lowest BCUT2D eigenvalue weighted by Crippen LogP contribution is -2.39. The van der Waals surface area contributed by atoms with Crippen molar-refractivity contribution in [2.75, 3.05) is 0 Å². The van der Waals surface area contributed by atoms with Gasteiger partial charge in [-0.1, -0.05) is 45.0 Å². The topological polar surface area (TPSA) is 46.2 Å². The van der Waals surface area contributed by atoms with Gasteiger partial charge in [-0.25, -0.2) is 0 Å². The molecule has 2 rings (SSSR count). The average Bonchev–Trinajstić information content (AvgIpc) is 2.41. The summed E-state index contributed by atoms with van der Waals surface area (Å²) in [4.78, 5) is 22.7. The Morgan fingerprint density at radius 3 is 2.61 bits per heavy atom. The first-order valence-electron chi connectivity index (χ1n) is 6.63. The molecule has 1 atom stereocenters. The van der Waals surface area contributed by atoms with E-state index in [-0.39, 0.29) is 17.7 Å². The second kappa shape index (κ2) is 6.94. The number of hydrogen-bond acceptors (Lipinski definition) is 2. The lowest BCUT2D eigenvalue weighted by atomic mass is 9.89. The smallest absolute Gasteiger partial charge is 0.234 e. The molecule has 0 aromatic heterocycles. The highest BCUT2D eigenvalue weighted by Gasteiger charge is 2.27. The van der Waals surface area contributed by atoms with Gasteiger partial charge in [0.2, 0.25) is 11.8 Å². The Hall–Kier alpha value is -1.64. The van der Waals surface area contributed by atoms with Crippen molar-refractivity contribution in [3.63, 3.8) is 0 Å². The SMILES string of the molecule is CC.CCc1cccc(C2CCC(=O)NC2=O)c1. The van der Waals surface area contributed by atoms with Gasteiger partial charge in [0.1, 0.15) is 0 Å². The summed E-state index contributed by atoms with van der Waals surface area (Å²) >= 11 is 0. The second-order valence-electron chi connectivity index (χ2n) is 4.10. The number of hydrogen-bond donors (Lipinski definition) is 1. The van der Waals surface area contributed by atoms with Crippen molar-refractivity contribution in [1.82, 2.24) is 5.32 Å². The fraction of sp³-hybridized carbons (Fsp3) is 0.467. The summed E-state index contributed by atoms with van der Waals surface area (Å²) in [5, 5.41) is 2.39. The summed E-state index contributed by atoms with van der Waals surface area (Å²) in [6.07, 6.45) is 2.02. The number of carbonyl (C=O) groups excluding carboxylic acids is 2. The van der Waals surface area contributed by atoms with Crippen molar-refractivity contribution >= 4 is 11.8 Å². The summed E-state index contributed by atoms with van der Waals surface area (Å²) in [6, 6.07) is 8.03. The minimum absolute atomic E-state index is 0.159. The van der Waals surface area contributed by atoms with Gasteiger partial charge in [-0.2, -0.15) is 0 Å². The van der Waals surface area contributed by atoms with Crippen LogP contribution in [0.2, 0.25) is 0 Å². The maximum atomic E-state index is 11.7. The molecule has 0 bridgehead atoms. The highest BCUT2D eigenvalue weighted by molar-refractivity contribution is 6.00. The standard InChI is InChI=1S/C13H15NO2.C2H6/c1-2-9-4-3-5-10(8-9)11-6-7-12(15)14-13(11)16;1-2/h3-5,8,11H,2,6-7H2,1H3,(H,14,15,16);1-2H3. The van der Waals surface area contributed by atoms with Crippen molar-refractivity contribution in [3.8, 4) is 0 Å². The van der Waals surface area contributed by atoms with E-state index < -0.39 is 0 Å². The number of nitrogens with one attached hydrogen (secondary N) is 1. The van der Waals surface area contributed by atoms with E-state index in [1.807, 2.05) is 26.0 Å². The molecule has 0 aliphatic carbocycles. The lowest BCUT2D eigenvalue weighted by molar-refractivity contribution is -0.134. The molecule has 1 fully saturated rings. The minimum Gasteiger partial charge on any atom is -0.296 e. The van der Waals surface area contributed by atoms with Crippen LogP contribution < -0.4 is 5.32 Å². The molecule has 0 radical (unpaired) electrons. The zero-order chi connectivity index (χ0) is 13.5. The van der Waals surface area contributed by atoms with Gasteiger partial charge >= 0.3 is 0 Å². The van der Waals surface area contributed by atoms with Crippen LogP contribution in [0.3, 0.4) is 0 Å². The van der Waals surface area contributed by atoms with Gasteiger partial charge in [0.05, 0.1) is 5.92 Å². The van der Waals surface area contributed by atoms with Gasteiger partial charge in [0, 0.05) is 6.42 Å². The van der Waals surface area contributed by atoms with E-state index in [2.05, 4.69) is 24.4 Å². The zero-order valence-corrected chi connectivity index (χ0v) is 11.3. The second-order valence-corrected chi connectivity index (χ2v) is 4.10. The average molecular weight is 247 g/mol. The molecule has 1 aliphatic heterocycles. The first-order valence-corrected chi connectivity index (χ1v) is 6.63. The number of amides is 2. The monoisotopic (exact) mass is 247 g/mol. The number of imide groups is 1. The number of rotatable bonds is 2. The summed E-state index contributed by atoms with van der Waals surface area (Å²) in [6.45, 7) is 6.09. The van der Waals surface area contributed by atoms with E-state index in [0.717, 1.165) is 12.0 Å². The molecule has 1 N–H and O–H groups in total. The van der Waals surface area contributed by atoms with Gasteiger partial charge in [-0.3, -0.25) is 14.9 Å². The van der Waals surface area contributed by atoms with E-state index in [1.54, 1.807) is 0 Å². The molecular formula is C15H21NO2. The molecule has 1 aromatic carbocycles. The number of benzene rings is 1. The number of carbonyl (C=O) groups is 2. The van der Waals surface area contributed by atoms with Crippen LogP contribution in [0.15, 0.2) is 24.3 Å². The molecule has 3 nitrogen and oxygen atoms in total. The molecule has 3 heteroatoms. The number of piperidine rings is 1. The molecular weight excluding hydrogens is 226 g/mol. The molecule has 1 heterocycles. The van der Waals surface area contributed by atoms with Crippen LogP contribution in [0, 0.1) is 0 Å². The summed E-state index contributed by atoms with van der Waals surface area (Å²) < 4.78 is 0. The van der Waals surface area contributed by atoms with E-state index in [0.29, 0.717) is 12.8 Å². The van der Waals surface area contributed by atoms with Crippen molar-refractivity contribution in [2.24, 2.45) is 0 Å². The first-order chi connectivity index (χ1) is 8.70. The summed E-state index contributed by atoms with van der Waals surface area (Å²) in [5.41, 5.74) is 2.24. The van der Waals surface area contributed by atoms with Gasteiger partial charge in [-0.05, 0) is 24.0 Å². The molecule has 18 heavy (non-hydrogen) atoms. The fourth-order valence-corrected chi connectivity index (χ4v) is 2.04.